The van der Waals surface area contributed by atoms with Gasteiger partial charge >= 0.3 is 0 Å². The van der Waals surface area contributed by atoms with Crippen LogP contribution in [0.15, 0.2) is 18.2 Å². The van der Waals surface area contributed by atoms with E-state index in [0.717, 1.165) is 37.2 Å². The smallest absolute Gasteiger partial charge is 0.101 e. The summed E-state index contributed by atoms with van der Waals surface area (Å²) in [6, 6.07) is 9.16. The van der Waals surface area contributed by atoms with Crippen LogP contribution in [0.3, 0.4) is 0 Å². The number of nitriles is 1. The predicted octanol–water partition coefficient (Wildman–Crippen LogP) is 2.02. The summed E-state index contributed by atoms with van der Waals surface area (Å²) in [4.78, 5) is 2.15. The highest BCUT2D eigenvalue weighted by Crippen LogP contribution is 2.30. The molecule has 4 nitrogen and oxygen atoms in total. The van der Waals surface area contributed by atoms with Crippen LogP contribution >= 0.6 is 0 Å². The Labute approximate surface area is 126 Å². The van der Waals surface area contributed by atoms with Crippen molar-refractivity contribution in [3.63, 3.8) is 0 Å². The van der Waals surface area contributed by atoms with Crippen LogP contribution in [0.1, 0.15) is 36.8 Å². The third kappa shape index (κ3) is 3.55. The molecule has 0 unspecified atom stereocenters. The van der Waals surface area contributed by atoms with Crippen LogP contribution in [-0.4, -0.2) is 30.8 Å². The Morgan fingerprint density at radius 2 is 2.14 bits per heavy atom. The average Bonchev–Trinajstić information content (AvgIpc) is 3.27. The lowest BCUT2D eigenvalue weighted by molar-refractivity contribution is 0.0465. The van der Waals surface area contributed by atoms with Crippen LogP contribution in [0.4, 0.5) is 5.69 Å². The summed E-state index contributed by atoms with van der Waals surface area (Å²) in [5.41, 5.74) is 2.91. The first-order chi connectivity index (χ1) is 10.2. The Morgan fingerprint density at radius 1 is 1.38 bits per heavy atom. The average molecular weight is 285 g/mol. The maximum atomic E-state index is 9.39. The first-order valence-electron chi connectivity index (χ1n) is 7.81. The number of aliphatic hydroxyl groups is 1. The number of hydrogen-bond donors (Lipinski definition) is 2. The highest BCUT2D eigenvalue weighted by atomic mass is 16.3. The van der Waals surface area contributed by atoms with E-state index in [0.29, 0.717) is 12.0 Å². The van der Waals surface area contributed by atoms with E-state index in [4.69, 9.17) is 0 Å². The summed E-state index contributed by atoms with van der Waals surface area (Å²) in [6.07, 6.45) is 4.21. The van der Waals surface area contributed by atoms with E-state index in [-0.39, 0.29) is 6.10 Å². The second-order valence-corrected chi connectivity index (χ2v) is 6.49. The first-order valence-corrected chi connectivity index (χ1v) is 7.81. The Morgan fingerprint density at radius 3 is 2.76 bits per heavy atom. The zero-order chi connectivity index (χ0) is 14.8. The molecule has 2 aliphatic carbocycles. The third-order valence-corrected chi connectivity index (χ3v) is 4.51. The van der Waals surface area contributed by atoms with Gasteiger partial charge in [0.25, 0.3) is 0 Å². The predicted molar refractivity (Wildman–Crippen MR) is 83.0 cm³/mol. The molecule has 0 saturated heterocycles. The van der Waals surface area contributed by atoms with E-state index in [1.54, 1.807) is 0 Å². The quantitative estimate of drug-likeness (QED) is 0.839. The van der Waals surface area contributed by atoms with Crippen LogP contribution in [0, 0.1) is 17.2 Å². The van der Waals surface area contributed by atoms with E-state index < -0.39 is 0 Å². The molecule has 1 aromatic rings. The SMILES string of the molecule is CN(CC1CC(O)C1)c1ccc(CNC2CC2)cc1C#N. The van der Waals surface area contributed by atoms with Gasteiger partial charge in [-0.3, -0.25) is 0 Å². The molecule has 112 valence electrons. The molecule has 0 amide bonds. The van der Waals surface area contributed by atoms with Crippen LogP contribution in [0.25, 0.3) is 0 Å². The van der Waals surface area contributed by atoms with Gasteiger partial charge in [0.15, 0.2) is 0 Å². The third-order valence-electron chi connectivity index (χ3n) is 4.51. The Kier molecular flexibility index (Phi) is 4.14. The molecule has 0 atom stereocenters. The molecule has 2 fully saturated rings. The molecule has 2 N–H and O–H groups in total. The summed E-state index contributed by atoms with van der Waals surface area (Å²) in [6.45, 7) is 1.75. The number of benzene rings is 1. The number of hydrogen-bond acceptors (Lipinski definition) is 4. The zero-order valence-corrected chi connectivity index (χ0v) is 12.5. The van der Waals surface area contributed by atoms with Crippen molar-refractivity contribution >= 4 is 5.69 Å². The summed E-state index contributed by atoms with van der Waals surface area (Å²) < 4.78 is 0. The minimum absolute atomic E-state index is 0.116. The highest BCUT2D eigenvalue weighted by molar-refractivity contribution is 5.60. The molecule has 0 aromatic heterocycles. The van der Waals surface area contributed by atoms with Crippen molar-refractivity contribution in [2.45, 2.75) is 44.4 Å². The second kappa shape index (κ2) is 6.05. The fourth-order valence-electron chi connectivity index (χ4n) is 3.00. The second-order valence-electron chi connectivity index (χ2n) is 6.49. The normalized spacial score (nSPS) is 24.2. The largest absolute Gasteiger partial charge is 0.393 e. The van der Waals surface area contributed by atoms with E-state index in [9.17, 15) is 10.4 Å². The van der Waals surface area contributed by atoms with Gasteiger partial charge in [-0.05, 0) is 49.3 Å². The molecule has 3 rings (SSSR count). The van der Waals surface area contributed by atoms with Gasteiger partial charge < -0.3 is 15.3 Å². The van der Waals surface area contributed by atoms with Crippen molar-refractivity contribution in [2.24, 2.45) is 5.92 Å². The molecule has 21 heavy (non-hydrogen) atoms. The Bertz CT molecular complexity index is 541. The fraction of sp³-hybridized carbons (Fsp3) is 0.588. The molecular formula is C17H23N3O. The Hall–Kier alpha value is -1.57. The van der Waals surface area contributed by atoms with Crippen molar-refractivity contribution in [3.8, 4) is 6.07 Å². The van der Waals surface area contributed by atoms with Crippen LogP contribution < -0.4 is 10.2 Å². The number of anilines is 1. The number of rotatable bonds is 6. The van der Waals surface area contributed by atoms with E-state index in [1.165, 1.54) is 18.4 Å². The molecule has 4 heteroatoms. The summed E-state index contributed by atoms with van der Waals surface area (Å²) >= 11 is 0. The molecule has 1 aromatic carbocycles. The van der Waals surface area contributed by atoms with Gasteiger partial charge in [0.05, 0.1) is 17.4 Å². The summed E-state index contributed by atoms with van der Waals surface area (Å²) in [5, 5.41) is 22.2. The standard InChI is InChI=1S/C17H23N3O/c1-20(11-13-7-16(21)8-13)17-5-2-12(6-14(17)9-18)10-19-15-3-4-15/h2,5-6,13,15-16,19,21H,3-4,7-8,10-11H2,1H3. The van der Waals surface area contributed by atoms with Crippen molar-refractivity contribution in [2.75, 3.05) is 18.5 Å². The van der Waals surface area contributed by atoms with Crippen molar-refractivity contribution in [1.29, 1.82) is 5.26 Å². The van der Waals surface area contributed by atoms with Gasteiger partial charge in [0.1, 0.15) is 6.07 Å². The van der Waals surface area contributed by atoms with Crippen LogP contribution in [-0.2, 0) is 6.54 Å². The number of nitrogens with one attached hydrogen (secondary N) is 1. The topological polar surface area (TPSA) is 59.3 Å². The van der Waals surface area contributed by atoms with Crippen molar-refractivity contribution in [1.82, 2.24) is 5.32 Å². The maximum absolute atomic E-state index is 9.39. The minimum Gasteiger partial charge on any atom is -0.393 e. The number of aliphatic hydroxyl groups excluding tert-OH is 1. The minimum atomic E-state index is -0.116. The molecule has 2 saturated carbocycles. The summed E-state index contributed by atoms with van der Waals surface area (Å²) in [5.74, 6) is 0.549. The van der Waals surface area contributed by atoms with Gasteiger partial charge in [-0.15, -0.1) is 0 Å². The lowest BCUT2D eigenvalue weighted by atomic mass is 9.82. The lowest BCUT2D eigenvalue weighted by Crippen LogP contribution is -2.37. The van der Waals surface area contributed by atoms with Gasteiger partial charge in [-0.1, -0.05) is 6.07 Å². The summed E-state index contributed by atoms with van der Waals surface area (Å²) in [7, 11) is 2.03. The van der Waals surface area contributed by atoms with Gasteiger partial charge in [0.2, 0.25) is 0 Å². The van der Waals surface area contributed by atoms with Gasteiger partial charge in [0, 0.05) is 26.2 Å². The molecule has 2 aliphatic rings. The Balaban J connectivity index is 1.64. The number of nitrogens with zero attached hydrogens (tertiary/aromatic N) is 2. The molecule has 0 aliphatic heterocycles. The zero-order valence-electron chi connectivity index (χ0n) is 12.5. The highest BCUT2D eigenvalue weighted by Gasteiger charge is 2.28. The van der Waals surface area contributed by atoms with Gasteiger partial charge in [-0.25, -0.2) is 0 Å². The van der Waals surface area contributed by atoms with E-state index in [1.807, 2.05) is 13.1 Å². The molecule has 0 heterocycles. The fourth-order valence-corrected chi connectivity index (χ4v) is 3.00. The van der Waals surface area contributed by atoms with E-state index in [2.05, 4.69) is 28.4 Å². The molecule has 0 spiro atoms. The molecule has 0 bridgehead atoms. The van der Waals surface area contributed by atoms with Crippen molar-refractivity contribution < 1.29 is 5.11 Å². The van der Waals surface area contributed by atoms with Gasteiger partial charge in [-0.2, -0.15) is 5.26 Å². The van der Waals surface area contributed by atoms with E-state index >= 15 is 0 Å². The maximum Gasteiger partial charge on any atom is 0.101 e. The lowest BCUT2D eigenvalue weighted by Gasteiger charge is -2.35. The molecular weight excluding hydrogens is 262 g/mol. The van der Waals surface area contributed by atoms with Crippen LogP contribution in [0.2, 0.25) is 0 Å². The van der Waals surface area contributed by atoms with Crippen LogP contribution in [0.5, 0.6) is 0 Å². The first kappa shape index (κ1) is 14.4. The van der Waals surface area contributed by atoms with Crippen molar-refractivity contribution in [3.05, 3.63) is 29.3 Å². The monoisotopic (exact) mass is 285 g/mol. The molecule has 0 radical (unpaired) electrons.